The highest BCUT2D eigenvalue weighted by Crippen LogP contribution is 1.89. The standard InChI is InChI=1S/C26H6O2/c1-4-5-6-7-8-9-10-11-12-13-14-15-16-17-18-19-20-21-22-23-24-28-26(27)25(2)3/h1H,2H2,3H3. The smallest absolute Gasteiger partial charge is 0.347 e. The second kappa shape index (κ2) is 17.7. The molecule has 0 aliphatic rings. The van der Waals surface area contributed by atoms with Crippen molar-refractivity contribution in [3.05, 3.63) is 12.2 Å². The fourth-order valence-corrected chi connectivity index (χ4v) is 0.752. The van der Waals surface area contributed by atoms with Gasteiger partial charge in [-0.3, -0.25) is 0 Å². The Bertz CT molecular complexity index is 1330. The third kappa shape index (κ3) is 16.7. The Labute approximate surface area is 165 Å². The fraction of sp³-hybridized carbons (Fsp3) is 0.0385. The van der Waals surface area contributed by atoms with E-state index in [2.05, 4.69) is 136 Å². The lowest BCUT2D eigenvalue weighted by molar-refractivity contribution is -0.132. The Morgan fingerprint density at radius 1 is 0.607 bits per heavy atom. The van der Waals surface area contributed by atoms with Gasteiger partial charge in [-0.1, -0.05) is 6.58 Å². The number of rotatable bonds is 1. The maximum absolute atomic E-state index is 11.0. The van der Waals surface area contributed by atoms with Crippen molar-refractivity contribution >= 4 is 5.97 Å². The van der Waals surface area contributed by atoms with Gasteiger partial charge in [-0.25, -0.2) is 4.79 Å². The van der Waals surface area contributed by atoms with Gasteiger partial charge in [-0.15, -0.1) is 6.42 Å². The summed E-state index contributed by atoms with van der Waals surface area (Å²) < 4.78 is 4.50. The normalized spacial score (nSPS) is 4.86. The minimum absolute atomic E-state index is 0.247. The number of carbonyl (C=O) groups is 1. The predicted octanol–water partition coefficient (Wildman–Crippen LogP) is 0.730. The largest absolute Gasteiger partial charge is 0.368 e. The van der Waals surface area contributed by atoms with Crippen LogP contribution in [0.2, 0.25) is 0 Å². The summed E-state index contributed by atoms with van der Waals surface area (Å²) in [7, 11) is 0. The van der Waals surface area contributed by atoms with Crippen molar-refractivity contribution in [3.8, 4) is 131 Å². The monoisotopic (exact) mass is 350 g/mol. The summed E-state index contributed by atoms with van der Waals surface area (Å²) in [5.41, 5.74) is 0.247. The molecular weight excluding hydrogens is 344 g/mol. The van der Waals surface area contributed by atoms with E-state index in [1.54, 1.807) is 0 Å². The van der Waals surface area contributed by atoms with Gasteiger partial charge in [0.15, 0.2) is 0 Å². The SMILES string of the molecule is C#CC#CC#CC#CC#CC#CC#CC#CC#CC#CC#COC(=O)C(=C)C. The number of ether oxygens (including phenoxy) is 1. The zero-order valence-corrected chi connectivity index (χ0v) is 14.6. The summed E-state index contributed by atoms with van der Waals surface area (Å²) in [6.45, 7) is 4.91. The molecule has 2 heteroatoms. The molecule has 2 nitrogen and oxygen atoms in total. The van der Waals surface area contributed by atoms with Crippen LogP contribution in [0.5, 0.6) is 0 Å². The summed E-state index contributed by atoms with van der Waals surface area (Å²) in [5, 5.41) is 0. The molecule has 0 heterocycles. The number of hydrogen-bond donors (Lipinski definition) is 0. The summed E-state index contributed by atoms with van der Waals surface area (Å²) in [5.74, 6) is 47.7. The molecule has 0 spiro atoms. The molecule has 0 rings (SSSR count). The lowest BCUT2D eigenvalue weighted by Gasteiger charge is -1.89. The average Bonchev–Trinajstić information content (AvgIpc) is 2.68. The zero-order valence-electron chi connectivity index (χ0n) is 14.6. The lowest BCUT2D eigenvalue weighted by atomic mass is 10.4. The van der Waals surface area contributed by atoms with Gasteiger partial charge in [0, 0.05) is 76.6 Å². The van der Waals surface area contributed by atoms with E-state index in [0.717, 1.165) is 0 Å². The van der Waals surface area contributed by atoms with Crippen LogP contribution in [0, 0.1) is 131 Å². The van der Waals surface area contributed by atoms with Gasteiger partial charge in [-0.2, -0.15) is 0 Å². The molecule has 0 aliphatic heterocycles. The van der Waals surface area contributed by atoms with E-state index < -0.39 is 5.97 Å². The number of hydrogen-bond acceptors (Lipinski definition) is 2. The third-order valence-electron chi connectivity index (χ3n) is 1.74. The van der Waals surface area contributed by atoms with Gasteiger partial charge >= 0.3 is 5.97 Å². The maximum atomic E-state index is 11.0. The first-order chi connectivity index (χ1) is 13.7. The summed E-state index contributed by atoms with van der Waals surface area (Å²) >= 11 is 0. The predicted molar refractivity (Wildman–Crippen MR) is 107 cm³/mol. The fourth-order valence-electron chi connectivity index (χ4n) is 0.752. The molecule has 0 aliphatic carbocycles. The molecule has 0 saturated carbocycles. The molecule has 0 aromatic rings. The Balaban J connectivity index is 4.41. The van der Waals surface area contributed by atoms with Crippen LogP contribution in [0.25, 0.3) is 0 Å². The summed E-state index contributed by atoms with van der Waals surface area (Å²) in [6, 6.07) is 0. The highest BCUT2D eigenvalue weighted by Gasteiger charge is 1.98. The second-order valence-electron chi connectivity index (χ2n) is 3.79. The average molecular weight is 350 g/mol. The van der Waals surface area contributed by atoms with Crippen LogP contribution in [0.15, 0.2) is 12.2 Å². The Kier molecular flexibility index (Phi) is 14.2. The first kappa shape index (κ1) is 22.4. The molecule has 0 aromatic carbocycles. The molecule has 0 amide bonds. The maximum Gasteiger partial charge on any atom is 0.347 e. The van der Waals surface area contributed by atoms with E-state index in [0.29, 0.717) is 0 Å². The van der Waals surface area contributed by atoms with Gasteiger partial charge < -0.3 is 4.74 Å². The van der Waals surface area contributed by atoms with Gasteiger partial charge in [0.25, 0.3) is 0 Å². The van der Waals surface area contributed by atoms with Crippen LogP contribution in [0.3, 0.4) is 0 Å². The van der Waals surface area contributed by atoms with Crippen molar-refractivity contribution in [1.29, 1.82) is 0 Å². The highest BCUT2D eigenvalue weighted by atomic mass is 16.5. The first-order valence-electron chi connectivity index (χ1n) is 7.00. The van der Waals surface area contributed by atoms with Gasteiger partial charge in [0.1, 0.15) is 6.11 Å². The second-order valence-corrected chi connectivity index (χ2v) is 3.79. The van der Waals surface area contributed by atoms with Crippen LogP contribution in [0.1, 0.15) is 6.92 Å². The molecule has 28 heavy (non-hydrogen) atoms. The van der Waals surface area contributed by atoms with E-state index in [9.17, 15) is 4.79 Å². The van der Waals surface area contributed by atoms with Crippen LogP contribution in [0.4, 0.5) is 0 Å². The van der Waals surface area contributed by atoms with Crippen molar-refractivity contribution in [2.24, 2.45) is 0 Å². The first-order valence-corrected chi connectivity index (χ1v) is 7.00. The van der Waals surface area contributed by atoms with Crippen LogP contribution in [-0.4, -0.2) is 5.97 Å². The van der Waals surface area contributed by atoms with Gasteiger partial charge in [-0.05, 0) is 54.3 Å². The van der Waals surface area contributed by atoms with Gasteiger partial charge in [0.05, 0.1) is 0 Å². The topological polar surface area (TPSA) is 26.3 Å². The van der Waals surface area contributed by atoms with Crippen LogP contribution < -0.4 is 0 Å². The van der Waals surface area contributed by atoms with Crippen molar-refractivity contribution < 1.29 is 9.53 Å². The lowest BCUT2D eigenvalue weighted by Crippen LogP contribution is -1.99. The Morgan fingerprint density at radius 2 is 0.893 bits per heavy atom. The molecule has 0 atom stereocenters. The van der Waals surface area contributed by atoms with Crippen molar-refractivity contribution in [2.45, 2.75) is 6.92 Å². The van der Waals surface area contributed by atoms with Crippen LogP contribution >= 0.6 is 0 Å². The zero-order chi connectivity index (χ0) is 20.7. The molecule has 0 radical (unpaired) electrons. The summed E-state index contributed by atoms with van der Waals surface area (Å²) in [4.78, 5) is 11.0. The minimum Gasteiger partial charge on any atom is -0.368 e. The number of terminal acetylenes is 1. The van der Waals surface area contributed by atoms with Crippen LogP contribution in [-0.2, 0) is 9.53 Å². The Morgan fingerprint density at radius 3 is 1.18 bits per heavy atom. The molecule has 0 N–H and O–H groups in total. The minimum atomic E-state index is -0.608. The van der Waals surface area contributed by atoms with Crippen molar-refractivity contribution in [1.82, 2.24) is 0 Å². The van der Waals surface area contributed by atoms with E-state index in [1.165, 1.54) is 6.92 Å². The van der Waals surface area contributed by atoms with E-state index in [1.807, 2.05) is 0 Å². The van der Waals surface area contributed by atoms with E-state index in [4.69, 9.17) is 6.42 Å². The quantitative estimate of drug-likeness (QED) is 0.396. The molecule has 0 fully saturated rings. The van der Waals surface area contributed by atoms with E-state index >= 15 is 0 Å². The molecule has 0 bridgehead atoms. The Hall–Kier alpha value is -5.63. The molecule has 0 aromatic heterocycles. The van der Waals surface area contributed by atoms with Gasteiger partial charge in [0.2, 0.25) is 0 Å². The van der Waals surface area contributed by atoms with Crippen molar-refractivity contribution in [3.63, 3.8) is 0 Å². The third-order valence-corrected chi connectivity index (χ3v) is 1.74. The molecular formula is C26H6O2. The van der Waals surface area contributed by atoms with Crippen molar-refractivity contribution in [2.75, 3.05) is 0 Å². The molecule has 0 unspecified atom stereocenters. The molecule has 0 saturated heterocycles. The van der Waals surface area contributed by atoms with E-state index in [-0.39, 0.29) is 5.57 Å². The number of carbonyl (C=O) groups excluding carboxylic acids is 1. The number of esters is 1. The highest BCUT2D eigenvalue weighted by molar-refractivity contribution is 5.87. The molecule has 122 valence electrons. The summed E-state index contributed by atoms with van der Waals surface area (Å²) in [6.07, 6.45) is 7.02.